The molecule has 1 aromatic carbocycles. The molecule has 1 aromatic rings. The molecule has 30 heavy (non-hydrogen) atoms. The molecule has 6 rings (SSSR count). The molecule has 6 nitrogen and oxygen atoms in total. The lowest BCUT2D eigenvalue weighted by molar-refractivity contribution is -0.914. The van der Waals surface area contributed by atoms with Crippen molar-refractivity contribution in [1.29, 1.82) is 0 Å². The smallest absolute Gasteiger partial charge is 0.322 e. The Bertz CT molecular complexity index is 752. The van der Waals surface area contributed by atoms with Crippen LogP contribution >= 0.6 is 0 Å². The molecule has 5 fully saturated rings. The highest BCUT2D eigenvalue weighted by molar-refractivity contribution is 5.96. The van der Waals surface area contributed by atoms with Crippen LogP contribution in [0.25, 0.3) is 0 Å². The lowest BCUT2D eigenvalue weighted by Gasteiger charge is -2.56. The minimum atomic E-state index is -0.281. The number of urea groups is 1. The van der Waals surface area contributed by atoms with Crippen LogP contribution in [0.2, 0.25) is 0 Å². The first kappa shape index (κ1) is 19.9. The number of nitrogens with one attached hydrogen (secondary N) is 3. The summed E-state index contributed by atoms with van der Waals surface area (Å²) >= 11 is 0. The van der Waals surface area contributed by atoms with E-state index in [-0.39, 0.29) is 23.5 Å². The average Bonchev–Trinajstić information content (AvgIpc) is 2.72. The Kier molecular flexibility index (Phi) is 5.21. The van der Waals surface area contributed by atoms with Gasteiger partial charge in [-0.1, -0.05) is 18.2 Å². The molecule has 0 aromatic heterocycles. The first-order chi connectivity index (χ1) is 14.5. The minimum Gasteiger partial charge on any atom is -0.360 e. The summed E-state index contributed by atoms with van der Waals surface area (Å²) in [6, 6.07) is 9.93. The van der Waals surface area contributed by atoms with Crippen molar-refractivity contribution in [2.45, 2.75) is 57.0 Å². The Balaban J connectivity index is 1.12. The van der Waals surface area contributed by atoms with Crippen molar-refractivity contribution in [3.05, 3.63) is 30.3 Å². The van der Waals surface area contributed by atoms with Crippen LogP contribution in [0.1, 0.15) is 45.4 Å². The monoisotopic (exact) mass is 411 g/mol. The van der Waals surface area contributed by atoms with Gasteiger partial charge in [-0.15, -0.1) is 0 Å². The van der Waals surface area contributed by atoms with E-state index in [2.05, 4.69) is 39.8 Å². The molecule has 0 radical (unpaired) electrons. The fourth-order valence-corrected chi connectivity index (χ4v) is 7.07. The van der Waals surface area contributed by atoms with Crippen molar-refractivity contribution in [2.75, 3.05) is 31.1 Å². The molecule has 6 heteroatoms. The third-order valence-electron chi connectivity index (χ3n) is 8.19. The lowest BCUT2D eigenvalue weighted by Crippen LogP contribution is -3.19. The lowest BCUT2D eigenvalue weighted by atomic mass is 9.53. The van der Waals surface area contributed by atoms with E-state index in [0.717, 1.165) is 63.2 Å². The highest BCUT2D eigenvalue weighted by Crippen LogP contribution is 2.55. The van der Waals surface area contributed by atoms with Crippen molar-refractivity contribution in [3.63, 3.8) is 0 Å². The van der Waals surface area contributed by atoms with Crippen LogP contribution in [0.15, 0.2) is 30.3 Å². The van der Waals surface area contributed by atoms with Gasteiger partial charge in [0.05, 0.1) is 26.2 Å². The van der Waals surface area contributed by atoms with E-state index < -0.39 is 0 Å². The minimum absolute atomic E-state index is 0.0590. The predicted octanol–water partition coefficient (Wildman–Crippen LogP) is 1.57. The van der Waals surface area contributed by atoms with Gasteiger partial charge in [-0.25, -0.2) is 4.79 Å². The third kappa shape index (κ3) is 3.94. The first-order valence-corrected chi connectivity index (χ1v) is 11.8. The van der Waals surface area contributed by atoms with Crippen LogP contribution in [-0.2, 0) is 4.79 Å². The summed E-state index contributed by atoms with van der Waals surface area (Å²) in [4.78, 5) is 29.1. The summed E-state index contributed by atoms with van der Waals surface area (Å²) in [5.41, 5.74) is 1.18. The number of piperazine rings is 1. The number of anilines is 1. The van der Waals surface area contributed by atoms with E-state index in [1.54, 1.807) is 0 Å². The normalized spacial score (nSPS) is 33.9. The molecule has 4 bridgehead atoms. The van der Waals surface area contributed by atoms with E-state index in [4.69, 9.17) is 0 Å². The van der Waals surface area contributed by atoms with E-state index >= 15 is 0 Å². The third-order valence-corrected chi connectivity index (χ3v) is 8.19. The van der Waals surface area contributed by atoms with Gasteiger partial charge in [0, 0.05) is 11.2 Å². The van der Waals surface area contributed by atoms with Gasteiger partial charge in [-0.2, -0.15) is 0 Å². The van der Waals surface area contributed by atoms with Crippen LogP contribution in [0.3, 0.4) is 0 Å². The highest BCUT2D eigenvalue weighted by Gasteiger charge is 2.51. The summed E-state index contributed by atoms with van der Waals surface area (Å²) in [5.74, 6) is 2.17. The standard InChI is InChI=1S/C24H34N4O2/c1-17(27-7-9-28(10-8-27)21-5-3-2-4-6-21)22(29)25-23(30)26-24-14-18-11-19(15-24)13-20(12-18)16-24/h2-6,17-20H,7-16H2,1H3,(H2,25,26,29,30)/p+1/t17-,18?,19?,20?,24?/m1/s1. The molecule has 4 saturated carbocycles. The van der Waals surface area contributed by atoms with Gasteiger partial charge in [0.2, 0.25) is 0 Å². The van der Waals surface area contributed by atoms with Gasteiger partial charge in [0.25, 0.3) is 5.91 Å². The number of imide groups is 1. The average molecular weight is 412 g/mol. The molecule has 1 aliphatic heterocycles. The largest absolute Gasteiger partial charge is 0.360 e. The summed E-state index contributed by atoms with van der Waals surface area (Å²) in [7, 11) is 0. The van der Waals surface area contributed by atoms with Gasteiger partial charge in [0.15, 0.2) is 6.04 Å². The van der Waals surface area contributed by atoms with Crippen molar-refractivity contribution in [2.24, 2.45) is 17.8 Å². The Morgan fingerprint density at radius 1 is 1.00 bits per heavy atom. The summed E-state index contributed by atoms with van der Waals surface area (Å²) in [6.45, 7) is 5.61. The number of carbonyl (C=O) groups is 2. The number of amides is 3. The Morgan fingerprint density at radius 3 is 2.13 bits per heavy atom. The number of rotatable bonds is 4. The second kappa shape index (κ2) is 7.88. The quantitative estimate of drug-likeness (QED) is 0.705. The van der Waals surface area contributed by atoms with Gasteiger partial charge in [-0.3, -0.25) is 10.1 Å². The van der Waals surface area contributed by atoms with Crippen LogP contribution in [0.5, 0.6) is 0 Å². The Labute approximate surface area is 179 Å². The van der Waals surface area contributed by atoms with Gasteiger partial charge in [-0.05, 0) is 75.3 Å². The molecule has 5 aliphatic rings. The highest BCUT2D eigenvalue weighted by atomic mass is 16.2. The number of carbonyl (C=O) groups excluding carboxylic acids is 2. The molecule has 1 saturated heterocycles. The number of hydrogen-bond donors (Lipinski definition) is 3. The van der Waals surface area contributed by atoms with Crippen LogP contribution < -0.4 is 20.4 Å². The zero-order valence-electron chi connectivity index (χ0n) is 18.0. The predicted molar refractivity (Wildman–Crippen MR) is 116 cm³/mol. The maximum Gasteiger partial charge on any atom is 0.322 e. The molecule has 1 heterocycles. The van der Waals surface area contributed by atoms with Crippen molar-refractivity contribution >= 4 is 17.6 Å². The van der Waals surface area contributed by atoms with E-state index in [0.29, 0.717) is 0 Å². The molecular formula is C24H35N4O2+. The Morgan fingerprint density at radius 2 is 1.57 bits per heavy atom. The molecular weight excluding hydrogens is 376 g/mol. The van der Waals surface area contributed by atoms with Gasteiger partial charge >= 0.3 is 6.03 Å². The maximum absolute atomic E-state index is 12.8. The van der Waals surface area contributed by atoms with Crippen LogP contribution in [-0.4, -0.2) is 49.7 Å². The van der Waals surface area contributed by atoms with E-state index in [1.165, 1.54) is 29.8 Å². The Hall–Kier alpha value is -2.08. The molecule has 0 spiro atoms. The van der Waals surface area contributed by atoms with Crippen molar-refractivity contribution in [3.8, 4) is 0 Å². The number of benzene rings is 1. The zero-order valence-corrected chi connectivity index (χ0v) is 18.0. The van der Waals surface area contributed by atoms with Crippen molar-refractivity contribution in [1.82, 2.24) is 10.6 Å². The topological polar surface area (TPSA) is 65.9 Å². The molecule has 4 aliphatic carbocycles. The molecule has 162 valence electrons. The SMILES string of the molecule is C[C@H](C(=O)NC(=O)NC12CC3CC(CC(C3)C1)C2)[NH+]1CCN(c2ccccc2)CC1. The number of para-hydroxylation sites is 1. The van der Waals surface area contributed by atoms with Crippen LogP contribution in [0, 0.1) is 17.8 Å². The second-order valence-corrected chi connectivity index (χ2v) is 10.3. The summed E-state index contributed by atoms with van der Waals surface area (Å²) in [5, 5.41) is 5.92. The van der Waals surface area contributed by atoms with Crippen molar-refractivity contribution < 1.29 is 14.5 Å². The number of nitrogens with zero attached hydrogens (tertiary/aromatic N) is 1. The molecule has 3 amide bonds. The second-order valence-electron chi connectivity index (χ2n) is 10.3. The molecule has 1 atom stereocenters. The first-order valence-electron chi connectivity index (χ1n) is 11.8. The van der Waals surface area contributed by atoms with Crippen LogP contribution in [0.4, 0.5) is 10.5 Å². The fraction of sp³-hybridized carbons (Fsp3) is 0.667. The maximum atomic E-state index is 12.8. The van der Waals surface area contributed by atoms with E-state index in [1.807, 2.05) is 13.0 Å². The van der Waals surface area contributed by atoms with Gasteiger partial charge in [0.1, 0.15) is 0 Å². The fourth-order valence-electron chi connectivity index (χ4n) is 7.07. The van der Waals surface area contributed by atoms with Gasteiger partial charge < -0.3 is 15.1 Å². The molecule has 3 N–H and O–H groups in total. The zero-order chi connectivity index (χ0) is 20.7. The summed E-state index contributed by atoms with van der Waals surface area (Å²) < 4.78 is 0. The van der Waals surface area contributed by atoms with E-state index in [9.17, 15) is 9.59 Å². The molecule has 0 unspecified atom stereocenters. The number of hydrogen-bond acceptors (Lipinski definition) is 3. The summed E-state index contributed by atoms with van der Waals surface area (Å²) in [6.07, 6.45) is 7.33. The number of quaternary nitrogens is 1.